The second-order valence-corrected chi connectivity index (χ2v) is 7.91. The zero-order valence-electron chi connectivity index (χ0n) is 15.5. The van der Waals surface area contributed by atoms with Gasteiger partial charge in [0.05, 0.1) is 11.7 Å². The second kappa shape index (κ2) is 6.55. The monoisotopic (exact) mass is 381 g/mol. The van der Waals surface area contributed by atoms with Gasteiger partial charge < -0.3 is 15.1 Å². The highest BCUT2D eigenvalue weighted by atomic mass is 35.5. The summed E-state index contributed by atoms with van der Waals surface area (Å²) in [4.78, 5) is 2.49. The topological polar surface area (TPSA) is 27.7 Å². The molecule has 0 unspecified atom stereocenters. The summed E-state index contributed by atoms with van der Waals surface area (Å²) in [6.07, 6.45) is 4.24. The maximum Gasteiger partial charge on any atom is 0.182 e. The first-order valence-electron chi connectivity index (χ1n) is 9.73. The molecule has 1 fully saturated rings. The average Bonchev–Trinajstić information content (AvgIpc) is 3.16. The molecule has 5 heteroatoms. The first kappa shape index (κ1) is 17.1. The number of hydrazine groups is 1. The van der Waals surface area contributed by atoms with E-state index < -0.39 is 0 Å². The highest BCUT2D eigenvalue weighted by molar-refractivity contribution is 6.32. The summed E-state index contributed by atoms with van der Waals surface area (Å²) >= 11 is 6.48. The molecular formula is C22H24ClN3O. The maximum atomic E-state index is 6.65. The van der Waals surface area contributed by atoms with Crippen molar-refractivity contribution in [3.05, 3.63) is 70.8 Å². The first-order chi connectivity index (χ1) is 13.2. The number of halogens is 1. The summed E-state index contributed by atoms with van der Waals surface area (Å²) in [5.41, 5.74) is 6.62. The number of nitrogens with one attached hydrogen (secondary N) is 1. The van der Waals surface area contributed by atoms with Crippen LogP contribution in [0.5, 0.6) is 5.75 Å². The fourth-order valence-corrected chi connectivity index (χ4v) is 4.75. The Hall–Kier alpha value is -2.01. The molecule has 0 saturated carbocycles. The third-order valence-electron chi connectivity index (χ3n) is 6.07. The van der Waals surface area contributed by atoms with Crippen LogP contribution in [0.3, 0.4) is 0 Å². The molecule has 1 N–H and O–H groups in total. The Morgan fingerprint density at radius 1 is 1.11 bits per heavy atom. The smallest absolute Gasteiger partial charge is 0.182 e. The van der Waals surface area contributed by atoms with Crippen molar-refractivity contribution < 1.29 is 4.74 Å². The lowest BCUT2D eigenvalue weighted by Crippen LogP contribution is -2.63. The van der Waals surface area contributed by atoms with E-state index in [1.165, 1.54) is 5.56 Å². The Kier molecular flexibility index (Phi) is 4.15. The van der Waals surface area contributed by atoms with Gasteiger partial charge in [0.2, 0.25) is 0 Å². The molecule has 27 heavy (non-hydrogen) atoms. The zero-order chi connectivity index (χ0) is 18.4. The van der Waals surface area contributed by atoms with E-state index in [0.29, 0.717) is 0 Å². The molecule has 4 nitrogen and oxygen atoms in total. The molecule has 2 aromatic rings. The number of piperidine rings is 1. The summed E-state index contributed by atoms with van der Waals surface area (Å²) in [5, 5.41) is 3.08. The van der Waals surface area contributed by atoms with Crippen LogP contribution in [-0.2, 0) is 0 Å². The molecule has 5 rings (SSSR count). The minimum atomic E-state index is -0.329. The average molecular weight is 382 g/mol. The van der Waals surface area contributed by atoms with Gasteiger partial charge in [0.15, 0.2) is 5.72 Å². The molecule has 0 aromatic heterocycles. The van der Waals surface area contributed by atoms with Crippen LogP contribution in [0.1, 0.15) is 36.9 Å². The molecule has 1 spiro atoms. The summed E-state index contributed by atoms with van der Waals surface area (Å²) in [6.45, 7) is 5.41. The Balaban J connectivity index is 1.56. The van der Waals surface area contributed by atoms with E-state index in [4.69, 9.17) is 16.3 Å². The summed E-state index contributed by atoms with van der Waals surface area (Å²) in [6, 6.07) is 16.6. The lowest BCUT2D eigenvalue weighted by Gasteiger charge is -2.51. The number of likely N-dealkylation sites (tertiary alicyclic amines) is 1. The molecule has 2 aromatic carbocycles. The number of rotatable bonds is 2. The molecule has 140 valence electrons. The van der Waals surface area contributed by atoms with Gasteiger partial charge in [-0.3, -0.25) is 0 Å². The van der Waals surface area contributed by atoms with E-state index in [1.54, 1.807) is 0 Å². The standard InChI is InChI=1S/C22H24ClN3O/c1-2-25-13-11-22(12-14-25)26-20(17-8-4-6-10-21(17)27-22)15-19(24-26)16-7-3-5-9-18(16)23/h3-10,15,20,24H,2,11-14H2,1H3/t20-/m0/s1. The third-order valence-corrected chi connectivity index (χ3v) is 6.40. The van der Waals surface area contributed by atoms with Crippen molar-refractivity contribution in [1.82, 2.24) is 15.3 Å². The van der Waals surface area contributed by atoms with Crippen LogP contribution in [0.15, 0.2) is 54.6 Å². The van der Waals surface area contributed by atoms with Gasteiger partial charge in [-0.2, -0.15) is 5.01 Å². The minimum Gasteiger partial charge on any atom is -0.470 e. The fourth-order valence-electron chi connectivity index (χ4n) is 4.52. The van der Waals surface area contributed by atoms with Crippen molar-refractivity contribution in [2.45, 2.75) is 31.5 Å². The van der Waals surface area contributed by atoms with Gasteiger partial charge in [0.1, 0.15) is 5.75 Å². The van der Waals surface area contributed by atoms with E-state index in [9.17, 15) is 0 Å². The van der Waals surface area contributed by atoms with Gasteiger partial charge in [0, 0.05) is 42.1 Å². The molecule has 0 radical (unpaired) electrons. The number of fused-ring (bicyclic) bond motifs is 4. The number of hydrogen-bond donors (Lipinski definition) is 1. The molecule has 0 bridgehead atoms. The molecule has 3 aliphatic heterocycles. The number of ether oxygens (including phenoxy) is 1. The van der Waals surface area contributed by atoms with Crippen LogP contribution in [0.25, 0.3) is 5.70 Å². The van der Waals surface area contributed by atoms with Crippen molar-refractivity contribution >= 4 is 17.3 Å². The number of hydrogen-bond acceptors (Lipinski definition) is 4. The summed E-state index contributed by atoms with van der Waals surface area (Å²) in [7, 11) is 0. The number of benzene rings is 2. The van der Waals surface area contributed by atoms with Crippen LogP contribution >= 0.6 is 11.6 Å². The number of nitrogens with zero attached hydrogens (tertiary/aromatic N) is 2. The van der Waals surface area contributed by atoms with Crippen molar-refractivity contribution in [2.24, 2.45) is 0 Å². The maximum absolute atomic E-state index is 6.65. The van der Waals surface area contributed by atoms with E-state index in [0.717, 1.165) is 54.5 Å². The van der Waals surface area contributed by atoms with Crippen molar-refractivity contribution in [1.29, 1.82) is 0 Å². The predicted molar refractivity (Wildman–Crippen MR) is 108 cm³/mol. The Morgan fingerprint density at radius 2 is 1.85 bits per heavy atom. The summed E-state index contributed by atoms with van der Waals surface area (Å²) in [5.74, 6) is 1.00. The third kappa shape index (κ3) is 2.75. The van der Waals surface area contributed by atoms with Crippen LogP contribution in [0, 0.1) is 0 Å². The molecule has 1 atom stereocenters. The van der Waals surface area contributed by atoms with Gasteiger partial charge in [-0.15, -0.1) is 0 Å². The zero-order valence-corrected chi connectivity index (χ0v) is 16.2. The first-order valence-corrected chi connectivity index (χ1v) is 10.1. The van der Waals surface area contributed by atoms with Crippen molar-refractivity contribution in [2.75, 3.05) is 19.6 Å². The van der Waals surface area contributed by atoms with Crippen molar-refractivity contribution in [3.63, 3.8) is 0 Å². The normalized spacial score (nSPS) is 23.9. The van der Waals surface area contributed by atoms with Crippen LogP contribution in [0.4, 0.5) is 0 Å². The fraction of sp³-hybridized carbons (Fsp3) is 0.364. The van der Waals surface area contributed by atoms with Gasteiger partial charge in [0.25, 0.3) is 0 Å². The van der Waals surface area contributed by atoms with E-state index >= 15 is 0 Å². The van der Waals surface area contributed by atoms with E-state index in [2.05, 4.69) is 58.7 Å². The molecule has 1 saturated heterocycles. The second-order valence-electron chi connectivity index (χ2n) is 7.51. The lowest BCUT2D eigenvalue weighted by molar-refractivity contribution is -0.159. The molecule has 3 heterocycles. The van der Waals surface area contributed by atoms with Gasteiger partial charge >= 0.3 is 0 Å². The summed E-state index contributed by atoms with van der Waals surface area (Å²) < 4.78 is 6.65. The Morgan fingerprint density at radius 3 is 2.63 bits per heavy atom. The van der Waals surface area contributed by atoms with Crippen LogP contribution < -0.4 is 10.2 Å². The van der Waals surface area contributed by atoms with Crippen LogP contribution in [-0.4, -0.2) is 35.3 Å². The lowest BCUT2D eigenvalue weighted by atomic mass is 9.93. The van der Waals surface area contributed by atoms with Gasteiger partial charge in [-0.25, -0.2) is 0 Å². The number of para-hydroxylation sites is 1. The largest absolute Gasteiger partial charge is 0.470 e. The molecule has 0 aliphatic carbocycles. The van der Waals surface area contributed by atoms with Crippen LogP contribution in [0.2, 0.25) is 5.02 Å². The van der Waals surface area contributed by atoms with E-state index in [-0.39, 0.29) is 11.8 Å². The highest BCUT2D eigenvalue weighted by Crippen LogP contribution is 2.48. The predicted octanol–water partition coefficient (Wildman–Crippen LogP) is 4.45. The highest BCUT2D eigenvalue weighted by Gasteiger charge is 2.51. The quantitative estimate of drug-likeness (QED) is 0.831. The Bertz CT molecular complexity index is 889. The van der Waals surface area contributed by atoms with E-state index in [1.807, 2.05) is 18.2 Å². The van der Waals surface area contributed by atoms with Gasteiger partial charge in [-0.1, -0.05) is 54.9 Å². The molecule has 0 amide bonds. The molecule has 3 aliphatic rings. The van der Waals surface area contributed by atoms with Gasteiger partial charge in [-0.05, 0) is 24.8 Å². The Labute approximate surface area is 165 Å². The SMILES string of the molecule is CCN1CCC2(CC1)Oc1ccccc1[C@@H]1C=C(c3ccccc3Cl)NN12. The minimum absolute atomic E-state index is 0.148. The molecular weight excluding hydrogens is 358 g/mol. The van der Waals surface area contributed by atoms with Crippen molar-refractivity contribution in [3.8, 4) is 5.75 Å².